The molecule has 0 aliphatic carbocycles. The van der Waals surface area contributed by atoms with Gasteiger partial charge in [0, 0.05) is 13.2 Å². The van der Waals surface area contributed by atoms with Crippen LogP contribution in [0, 0.1) is 6.92 Å². The van der Waals surface area contributed by atoms with Crippen molar-refractivity contribution in [3.8, 4) is 0 Å². The van der Waals surface area contributed by atoms with E-state index in [-0.39, 0.29) is 6.04 Å². The molecule has 1 unspecified atom stereocenters. The zero-order chi connectivity index (χ0) is 9.68. The third-order valence-electron chi connectivity index (χ3n) is 1.96. The molecule has 1 atom stereocenters. The molecule has 0 saturated heterocycles. The van der Waals surface area contributed by atoms with Crippen LogP contribution in [0.5, 0.6) is 0 Å². The third kappa shape index (κ3) is 3.57. The molecular formula is C11H17NO. The van der Waals surface area contributed by atoms with Gasteiger partial charge in [-0.15, -0.1) is 0 Å². The van der Waals surface area contributed by atoms with Crippen molar-refractivity contribution in [2.24, 2.45) is 5.73 Å². The van der Waals surface area contributed by atoms with Gasteiger partial charge in [-0.3, -0.25) is 0 Å². The second kappa shape index (κ2) is 5.00. The minimum atomic E-state index is 0.104. The number of ether oxygens (including phenoxy) is 1. The molecule has 72 valence electrons. The van der Waals surface area contributed by atoms with Crippen LogP contribution in [0.1, 0.15) is 11.1 Å². The largest absolute Gasteiger partial charge is 0.383 e. The van der Waals surface area contributed by atoms with E-state index >= 15 is 0 Å². The lowest BCUT2D eigenvalue weighted by atomic mass is 10.1. The maximum absolute atomic E-state index is 5.84. The average Bonchev–Trinajstić information content (AvgIpc) is 2.04. The topological polar surface area (TPSA) is 35.2 Å². The first-order valence-electron chi connectivity index (χ1n) is 4.52. The van der Waals surface area contributed by atoms with Gasteiger partial charge in [-0.25, -0.2) is 0 Å². The lowest BCUT2D eigenvalue weighted by Gasteiger charge is -2.10. The summed E-state index contributed by atoms with van der Waals surface area (Å²) in [6, 6.07) is 8.51. The summed E-state index contributed by atoms with van der Waals surface area (Å²) in [5.74, 6) is 0. The number of benzene rings is 1. The van der Waals surface area contributed by atoms with Crippen molar-refractivity contribution in [3.63, 3.8) is 0 Å². The number of nitrogens with two attached hydrogens (primary N) is 1. The first-order chi connectivity index (χ1) is 6.22. The summed E-state index contributed by atoms with van der Waals surface area (Å²) in [6.07, 6.45) is 0.884. The Labute approximate surface area is 79.7 Å². The zero-order valence-electron chi connectivity index (χ0n) is 8.29. The summed E-state index contributed by atoms with van der Waals surface area (Å²) in [5, 5.41) is 0. The fourth-order valence-corrected chi connectivity index (χ4v) is 1.41. The van der Waals surface area contributed by atoms with Crippen LogP contribution < -0.4 is 5.73 Å². The Morgan fingerprint density at radius 2 is 2.23 bits per heavy atom. The first-order valence-corrected chi connectivity index (χ1v) is 4.52. The molecule has 0 saturated carbocycles. The third-order valence-corrected chi connectivity index (χ3v) is 1.96. The number of hydrogen-bond acceptors (Lipinski definition) is 2. The van der Waals surface area contributed by atoms with Crippen LogP contribution in [0.25, 0.3) is 0 Å². The monoisotopic (exact) mass is 179 g/mol. The number of aryl methyl sites for hydroxylation is 1. The van der Waals surface area contributed by atoms with Crippen molar-refractivity contribution < 1.29 is 4.74 Å². The quantitative estimate of drug-likeness (QED) is 0.760. The predicted octanol–water partition coefficient (Wildman–Crippen LogP) is 1.51. The van der Waals surface area contributed by atoms with Crippen molar-refractivity contribution in [1.29, 1.82) is 0 Å². The van der Waals surface area contributed by atoms with Crippen molar-refractivity contribution in [3.05, 3.63) is 35.4 Å². The van der Waals surface area contributed by atoms with Gasteiger partial charge in [0.2, 0.25) is 0 Å². The highest BCUT2D eigenvalue weighted by molar-refractivity contribution is 5.22. The minimum Gasteiger partial charge on any atom is -0.383 e. The highest BCUT2D eigenvalue weighted by Gasteiger charge is 2.02. The molecule has 1 rings (SSSR count). The van der Waals surface area contributed by atoms with E-state index in [0.717, 1.165) is 6.42 Å². The molecule has 0 bridgehead atoms. The van der Waals surface area contributed by atoms with Crippen molar-refractivity contribution >= 4 is 0 Å². The van der Waals surface area contributed by atoms with Crippen molar-refractivity contribution in [1.82, 2.24) is 0 Å². The van der Waals surface area contributed by atoms with Crippen LogP contribution in [0.4, 0.5) is 0 Å². The van der Waals surface area contributed by atoms with Gasteiger partial charge in [0.05, 0.1) is 6.61 Å². The summed E-state index contributed by atoms with van der Waals surface area (Å²) < 4.78 is 4.98. The fraction of sp³-hybridized carbons (Fsp3) is 0.455. The molecule has 0 radical (unpaired) electrons. The van der Waals surface area contributed by atoms with E-state index in [1.165, 1.54) is 11.1 Å². The first kappa shape index (κ1) is 10.2. The average molecular weight is 179 g/mol. The van der Waals surface area contributed by atoms with Gasteiger partial charge < -0.3 is 10.5 Å². The Morgan fingerprint density at radius 1 is 1.46 bits per heavy atom. The SMILES string of the molecule is COCC(N)Cc1cccc(C)c1. The second-order valence-corrected chi connectivity index (χ2v) is 3.41. The molecule has 13 heavy (non-hydrogen) atoms. The molecule has 0 fully saturated rings. The molecule has 2 N–H and O–H groups in total. The molecule has 2 heteroatoms. The number of rotatable bonds is 4. The van der Waals surface area contributed by atoms with Crippen LogP contribution in [0.3, 0.4) is 0 Å². The van der Waals surface area contributed by atoms with E-state index in [0.29, 0.717) is 6.61 Å². The Morgan fingerprint density at radius 3 is 2.85 bits per heavy atom. The fourth-order valence-electron chi connectivity index (χ4n) is 1.41. The van der Waals surface area contributed by atoms with Crippen molar-refractivity contribution in [2.75, 3.05) is 13.7 Å². The van der Waals surface area contributed by atoms with Crippen LogP contribution in [0.15, 0.2) is 24.3 Å². The molecule has 1 aromatic rings. The van der Waals surface area contributed by atoms with Crippen LogP contribution in [0.2, 0.25) is 0 Å². The van der Waals surface area contributed by atoms with E-state index in [4.69, 9.17) is 10.5 Å². The summed E-state index contributed by atoms with van der Waals surface area (Å²) >= 11 is 0. The molecule has 0 heterocycles. The smallest absolute Gasteiger partial charge is 0.0616 e. The molecular weight excluding hydrogens is 162 g/mol. The van der Waals surface area contributed by atoms with Crippen LogP contribution in [-0.2, 0) is 11.2 Å². The van der Waals surface area contributed by atoms with Gasteiger partial charge in [0.1, 0.15) is 0 Å². The standard InChI is InChI=1S/C11H17NO/c1-9-4-3-5-10(6-9)7-11(12)8-13-2/h3-6,11H,7-8,12H2,1-2H3. The van der Waals surface area contributed by atoms with E-state index < -0.39 is 0 Å². The van der Waals surface area contributed by atoms with Crippen LogP contribution >= 0.6 is 0 Å². The van der Waals surface area contributed by atoms with E-state index in [9.17, 15) is 0 Å². The Kier molecular flexibility index (Phi) is 3.93. The molecule has 0 spiro atoms. The number of methoxy groups -OCH3 is 1. The molecule has 0 aromatic heterocycles. The molecule has 0 amide bonds. The molecule has 0 aliphatic heterocycles. The number of hydrogen-bond donors (Lipinski definition) is 1. The maximum atomic E-state index is 5.84. The van der Waals surface area contributed by atoms with Gasteiger partial charge in [0.15, 0.2) is 0 Å². The highest BCUT2D eigenvalue weighted by atomic mass is 16.5. The van der Waals surface area contributed by atoms with Gasteiger partial charge in [-0.05, 0) is 18.9 Å². The Bertz CT molecular complexity index is 260. The minimum absolute atomic E-state index is 0.104. The normalized spacial score (nSPS) is 12.8. The Balaban J connectivity index is 2.53. The maximum Gasteiger partial charge on any atom is 0.0616 e. The van der Waals surface area contributed by atoms with Crippen molar-refractivity contribution in [2.45, 2.75) is 19.4 Å². The van der Waals surface area contributed by atoms with Gasteiger partial charge in [-0.1, -0.05) is 29.8 Å². The van der Waals surface area contributed by atoms with E-state index in [2.05, 4.69) is 31.2 Å². The lowest BCUT2D eigenvalue weighted by Crippen LogP contribution is -2.27. The molecule has 0 aliphatic rings. The van der Waals surface area contributed by atoms with E-state index in [1.54, 1.807) is 7.11 Å². The summed E-state index contributed by atoms with van der Waals surface area (Å²) in [4.78, 5) is 0. The molecule has 1 aromatic carbocycles. The summed E-state index contributed by atoms with van der Waals surface area (Å²) in [6.45, 7) is 2.71. The second-order valence-electron chi connectivity index (χ2n) is 3.41. The zero-order valence-corrected chi connectivity index (χ0v) is 8.29. The van der Waals surface area contributed by atoms with Gasteiger partial charge in [0.25, 0.3) is 0 Å². The highest BCUT2D eigenvalue weighted by Crippen LogP contribution is 2.05. The summed E-state index contributed by atoms with van der Waals surface area (Å²) in [7, 11) is 1.68. The summed E-state index contributed by atoms with van der Waals surface area (Å²) in [5.41, 5.74) is 8.40. The van der Waals surface area contributed by atoms with Gasteiger partial charge in [-0.2, -0.15) is 0 Å². The van der Waals surface area contributed by atoms with Crippen LogP contribution in [-0.4, -0.2) is 19.8 Å². The Hall–Kier alpha value is -0.860. The predicted molar refractivity (Wildman–Crippen MR) is 54.7 cm³/mol. The molecule has 2 nitrogen and oxygen atoms in total. The lowest BCUT2D eigenvalue weighted by molar-refractivity contribution is 0.180. The van der Waals surface area contributed by atoms with E-state index in [1.807, 2.05) is 0 Å². The van der Waals surface area contributed by atoms with Gasteiger partial charge >= 0.3 is 0 Å².